The molecule has 82 heavy (non-hydrogen) atoms. The maximum atomic E-state index is 12.7. The highest BCUT2D eigenvalue weighted by Gasteiger charge is 2.40. The van der Waals surface area contributed by atoms with E-state index in [0.717, 1.165) is 106 Å². The van der Waals surface area contributed by atoms with Crippen molar-refractivity contribution in [2.75, 3.05) is 22.5 Å². The number of benzene rings is 4. The standard InChI is InChI=1S/C21H23N5OS.C21H19N5OS.C16H15N7O2S/c27-19(9-16-7-13-4-5-15(16)6-13)25-17-3-1-2-14(8-17)11-28-21-18-10-24-26-20(18)22-12-23-21;1-2-15-7-3-4-9-17(15)20(27)25-16-8-5-6-14(10-16)12-28-21-18-11-24-26-19(18)22-13-23-21;24-14(12-6-17-16(25)22-12)21-10-3-1-2-9(4-10)7-26-15-11-5-20-23-13(11)18-8-19-15/h1-3,8,10,12-13,15-16H,4-7,9,11H2,(H,25,27)(H,22,23,24,26);3-11,13H,2,12H2,1H3,(H,25,27)(H,22,23,24,26);1-5,8,12H,6-7H2,(H,21,24)(H2,17,22,25)(H,18,19,20,23). The number of nitrogens with zero attached hydrogens (tertiary/aromatic N) is 9. The first kappa shape index (κ1) is 55.2. The zero-order valence-electron chi connectivity index (χ0n) is 44.5. The third kappa shape index (κ3) is 13.9. The number of H-pyrrole nitrogens is 3. The summed E-state index contributed by atoms with van der Waals surface area (Å²) in [4.78, 5) is 73.9. The van der Waals surface area contributed by atoms with E-state index in [2.05, 4.69) is 99.2 Å². The van der Waals surface area contributed by atoms with Crippen LogP contribution in [0.5, 0.6) is 0 Å². The lowest BCUT2D eigenvalue weighted by molar-refractivity contribution is -0.118. The van der Waals surface area contributed by atoms with E-state index in [-0.39, 0.29) is 30.3 Å². The van der Waals surface area contributed by atoms with Crippen molar-refractivity contribution in [3.05, 3.63) is 162 Å². The van der Waals surface area contributed by atoms with E-state index in [1.54, 1.807) is 60.2 Å². The van der Waals surface area contributed by atoms with Crippen molar-refractivity contribution in [3.63, 3.8) is 0 Å². The molecule has 8 N–H and O–H groups in total. The van der Waals surface area contributed by atoms with Crippen molar-refractivity contribution >= 4 is 109 Å². The Balaban J connectivity index is 0.000000129. The quantitative estimate of drug-likeness (QED) is 0.0311. The van der Waals surface area contributed by atoms with Gasteiger partial charge in [-0.3, -0.25) is 29.7 Å². The summed E-state index contributed by atoms with van der Waals surface area (Å²) >= 11 is 4.83. The number of hydrogen-bond acceptors (Lipinski definition) is 16. The predicted molar refractivity (Wildman–Crippen MR) is 318 cm³/mol. The van der Waals surface area contributed by atoms with Crippen LogP contribution in [0.4, 0.5) is 21.9 Å². The lowest BCUT2D eigenvalue weighted by Gasteiger charge is -2.21. The highest BCUT2D eigenvalue weighted by atomic mass is 32.2. The molecule has 2 aliphatic carbocycles. The molecular weight excluding hydrogens is 1090 g/mol. The van der Waals surface area contributed by atoms with Gasteiger partial charge < -0.3 is 26.6 Å². The van der Waals surface area contributed by atoms with Crippen LogP contribution in [-0.2, 0) is 33.3 Å². The largest absolute Gasteiger partial charge is 0.336 e. The molecular formula is C58H57N17O4S3. The molecule has 6 aromatic heterocycles. The van der Waals surface area contributed by atoms with Crippen LogP contribution >= 0.6 is 35.3 Å². The Hall–Kier alpha value is -8.74. The van der Waals surface area contributed by atoms with E-state index < -0.39 is 6.04 Å². The number of aryl methyl sites for hydroxylation is 1. The van der Waals surface area contributed by atoms with Gasteiger partial charge in [-0.25, -0.2) is 34.7 Å². The fourth-order valence-electron chi connectivity index (χ4n) is 10.4. The van der Waals surface area contributed by atoms with Gasteiger partial charge in [0.15, 0.2) is 16.9 Å². The summed E-state index contributed by atoms with van der Waals surface area (Å²) in [7, 11) is 0. The molecule has 5 amide bonds. The van der Waals surface area contributed by atoms with Gasteiger partial charge in [-0.15, -0.1) is 35.3 Å². The average molecular weight is 1150 g/mol. The van der Waals surface area contributed by atoms with Gasteiger partial charge in [-0.2, -0.15) is 15.3 Å². The first-order chi connectivity index (χ1) is 40.2. The molecule has 1 saturated heterocycles. The van der Waals surface area contributed by atoms with Crippen LogP contribution < -0.4 is 26.6 Å². The second-order valence-electron chi connectivity index (χ2n) is 19.9. The summed E-state index contributed by atoms with van der Waals surface area (Å²) < 4.78 is 0. The van der Waals surface area contributed by atoms with E-state index in [0.29, 0.717) is 35.0 Å². The second-order valence-corrected chi connectivity index (χ2v) is 22.8. The summed E-state index contributed by atoms with van der Waals surface area (Å²) in [6.45, 7) is 2.34. The molecule has 1 aliphatic heterocycles. The summed E-state index contributed by atoms with van der Waals surface area (Å²) in [5, 5.41) is 40.0. The van der Waals surface area contributed by atoms with E-state index >= 15 is 0 Å². The van der Waals surface area contributed by atoms with Crippen LogP contribution in [0.15, 0.2) is 150 Å². The molecule has 2 bridgehead atoms. The van der Waals surface area contributed by atoms with Crippen LogP contribution in [-0.4, -0.2) is 96.8 Å². The molecule has 0 radical (unpaired) electrons. The smallest absolute Gasteiger partial charge is 0.315 e. The number of rotatable bonds is 17. The Morgan fingerprint density at radius 3 is 1.57 bits per heavy atom. The lowest BCUT2D eigenvalue weighted by Crippen LogP contribution is -2.38. The van der Waals surface area contributed by atoms with E-state index in [9.17, 15) is 19.2 Å². The summed E-state index contributed by atoms with van der Waals surface area (Å²) in [6.07, 6.45) is 16.6. The summed E-state index contributed by atoms with van der Waals surface area (Å²) in [6, 6.07) is 30.4. The fraction of sp³-hybridized carbons (Fsp3) is 0.259. The highest BCUT2D eigenvalue weighted by molar-refractivity contribution is 7.99. The number of urea groups is 1. The predicted octanol–water partition coefficient (Wildman–Crippen LogP) is 10.1. The molecule has 13 rings (SSSR count). The number of hydrogen-bond donors (Lipinski definition) is 8. The molecule has 416 valence electrons. The number of nitrogens with one attached hydrogen (secondary N) is 8. The molecule has 4 atom stereocenters. The number of carbonyl (C=O) groups is 4. The Morgan fingerprint density at radius 2 is 1.10 bits per heavy atom. The second kappa shape index (κ2) is 26.2. The number of fused-ring (bicyclic) bond motifs is 5. The van der Waals surface area contributed by atoms with Crippen LogP contribution in [0.25, 0.3) is 33.1 Å². The van der Waals surface area contributed by atoms with Gasteiger partial charge in [0.25, 0.3) is 5.91 Å². The van der Waals surface area contributed by atoms with Gasteiger partial charge >= 0.3 is 6.03 Å². The van der Waals surface area contributed by atoms with Crippen LogP contribution in [0.1, 0.15) is 71.6 Å². The van der Waals surface area contributed by atoms with Crippen molar-refractivity contribution in [2.24, 2.45) is 17.8 Å². The van der Waals surface area contributed by atoms with E-state index in [1.165, 1.54) is 38.3 Å². The number of aromatic amines is 3. The molecule has 4 unspecified atom stereocenters. The van der Waals surface area contributed by atoms with Gasteiger partial charge in [-0.05, 0) is 108 Å². The zero-order valence-corrected chi connectivity index (χ0v) is 46.9. The van der Waals surface area contributed by atoms with E-state index in [4.69, 9.17) is 0 Å². The average Bonchev–Trinajstić information content (AvgIpc) is 4.43. The number of aromatic nitrogens is 12. The summed E-state index contributed by atoms with van der Waals surface area (Å²) in [5.41, 5.74) is 9.57. The van der Waals surface area contributed by atoms with Crippen molar-refractivity contribution in [2.45, 2.75) is 83.8 Å². The van der Waals surface area contributed by atoms with Crippen molar-refractivity contribution < 1.29 is 19.2 Å². The Bertz CT molecular complexity index is 3890. The van der Waals surface area contributed by atoms with Crippen LogP contribution in [0.3, 0.4) is 0 Å². The molecule has 7 heterocycles. The SMILES string of the molecule is CCc1ccccc1C(=O)Nc1cccc(CSc2ncnc3[nH]ncc23)c1.O=C(CC1CC2CCC1C2)Nc1cccc(CSc2ncnc3[nH]ncc23)c1.O=C1NCC(C(=O)Nc2cccc(CSc3ncnc4[nH]ncc34)c2)N1. The highest BCUT2D eigenvalue weighted by Crippen LogP contribution is 2.49. The maximum Gasteiger partial charge on any atom is 0.315 e. The Morgan fingerprint density at radius 1 is 0.585 bits per heavy atom. The van der Waals surface area contributed by atoms with Crippen molar-refractivity contribution in [1.82, 2.24) is 71.1 Å². The van der Waals surface area contributed by atoms with Gasteiger partial charge in [0, 0.05) is 52.8 Å². The van der Waals surface area contributed by atoms with Crippen molar-refractivity contribution in [3.8, 4) is 0 Å². The number of thioether (sulfide) groups is 3. The molecule has 21 nitrogen and oxygen atoms in total. The molecule has 10 aromatic rings. The van der Waals surface area contributed by atoms with Crippen LogP contribution in [0, 0.1) is 17.8 Å². The van der Waals surface area contributed by atoms with Crippen LogP contribution in [0.2, 0.25) is 0 Å². The number of amides is 5. The normalized spacial score (nSPS) is 16.9. The topological polar surface area (TPSA) is 292 Å². The minimum atomic E-state index is -0.559. The Kier molecular flexibility index (Phi) is 17.7. The third-order valence-electron chi connectivity index (χ3n) is 14.4. The zero-order chi connectivity index (χ0) is 56.2. The molecule has 2 saturated carbocycles. The Labute approximate surface area is 483 Å². The molecule has 24 heteroatoms. The summed E-state index contributed by atoms with van der Waals surface area (Å²) in [5.74, 6) is 4.26. The number of carbonyl (C=O) groups excluding carboxylic acids is 4. The van der Waals surface area contributed by atoms with Crippen molar-refractivity contribution in [1.29, 1.82) is 0 Å². The van der Waals surface area contributed by atoms with Gasteiger partial charge in [0.1, 0.15) is 40.1 Å². The van der Waals surface area contributed by atoms with Gasteiger partial charge in [0.2, 0.25) is 11.8 Å². The molecule has 4 aromatic carbocycles. The molecule has 3 fully saturated rings. The van der Waals surface area contributed by atoms with Gasteiger partial charge in [-0.1, -0.05) is 67.9 Å². The first-order valence-electron chi connectivity index (χ1n) is 26.8. The monoisotopic (exact) mass is 1150 g/mol. The maximum absolute atomic E-state index is 12.7. The fourth-order valence-corrected chi connectivity index (χ4v) is 13.1. The molecule has 3 aliphatic rings. The lowest BCUT2D eigenvalue weighted by atomic mass is 9.86. The number of anilines is 3. The minimum absolute atomic E-state index is 0.0850. The minimum Gasteiger partial charge on any atom is -0.336 e. The third-order valence-corrected chi connectivity index (χ3v) is 17.6. The first-order valence-corrected chi connectivity index (χ1v) is 29.8. The van der Waals surface area contributed by atoms with E-state index in [1.807, 2.05) is 91.9 Å². The molecule has 0 spiro atoms. The van der Waals surface area contributed by atoms with Gasteiger partial charge in [0.05, 0.1) is 34.7 Å².